The highest BCUT2D eigenvalue weighted by Gasteiger charge is 2.38. The standard InChI is InChI=1S/C17H30N4O5S/c1-12(22)21-9-8-20(27(2,25)26)11-15(21)17(24)19-14(16(18)23)10-13-6-4-3-5-7-13/h13-15H,3-11H2,1-2H3,(H2,18,23)(H,19,24). The molecule has 3 amide bonds. The molecule has 0 bridgehead atoms. The first-order valence-corrected chi connectivity index (χ1v) is 11.3. The molecule has 2 fully saturated rings. The first-order valence-electron chi connectivity index (χ1n) is 9.41. The predicted octanol–water partition coefficient (Wildman–Crippen LogP) is -0.581. The lowest BCUT2D eigenvalue weighted by Crippen LogP contribution is -2.62. The summed E-state index contributed by atoms with van der Waals surface area (Å²) in [5.74, 6) is -1.14. The summed E-state index contributed by atoms with van der Waals surface area (Å²) in [4.78, 5) is 37.9. The van der Waals surface area contributed by atoms with Gasteiger partial charge < -0.3 is 16.0 Å². The molecule has 9 nitrogen and oxygen atoms in total. The van der Waals surface area contributed by atoms with Crippen LogP contribution >= 0.6 is 0 Å². The van der Waals surface area contributed by atoms with Crippen molar-refractivity contribution in [2.75, 3.05) is 25.9 Å². The fourth-order valence-electron chi connectivity index (χ4n) is 3.93. The second kappa shape index (κ2) is 9.01. The number of sulfonamides is 1. The van der Waals surface area contributed by atoms with Crippen LogP contribution in [0.3, 0.4) is 0 Å². The van der Waals surface area contributed by atoms with Gasteiger partial charge in [0.1, 0.15) is 12.1 Å². The molecule has 3 N–H and O–H groups in total. The second-order valence-electron chi connectivity index (χ2n) is 7.55. The Balaban J connectivity index is 2.09. The SMILES string of the molecule is CC(=O)N1CCN(S(C)(=O)=O)CC1C(=O)NC(CC1CCCCC1)C(N)=O. The van der Waals surface area contributed by atoms with Crippen LogP contribution in [0.5, 0.6) is 0 Å². The van der Waals surface area contributed by atoms with Crippen LogP contribution in [0.2, 0.25) is 0 Å². The van der Waals surface area contributed by atoms with Crippen molar-refractivity contribution < 1.29 is 22.8 Å². The van der Waals surface area contributed by atoms with E-state index in [9.17, 15) is 22.8 Å². The Labute approximate surface area is 160 Å². The molecule has 27 heavy (non-hydrogen) atoms. The van der Waals surface area contributed by atoms with Gasteiger partial charge in [0.05, 0.1) is 6.26 Å². The first-order chi connectivity index (χ1) is 12.6. The van der Waals surface area contributed by atoms with Gasteiger partial charge in [-0.25, -0.2) is 8.42 Å². The monoisotopic (exact) mass is 402 g/mol. The van der Waals surface area contributed by atoms with Gasteiger partial charge in [-0.05, 0) is 12.3 Å². The summed E-state index contributed by atoms with van der Waals surface area (Å²) in [7, 11) is -3.49. The fourth-order valence-corrected chi connectivity index (χ4v) is 4.76. The van der Waals surface area contributed by atoms with Crippen molar-refractivity contribution in [1.29, 1.82) is 0 Å². The van der Waals surface area contributed by atoms with Gasteiger partial charge in [0, 0.05) is 26.6 Å². The largest absolute Gasteiger partial charge is 0.368 e. The summed E-state index contributed by atoms with van der Waals surface area (Å²) in [5.41, 5.74) is 5.48. The number of piperazine rings is 1. The molecule has 0 aromatic rings. The zero-order valence-corrected chi connectivity index (χ0v) is 16.8. The number of hydrogen-bond donors (Lipinski definition) is 2. The Kier molecular flexibility index (Phi) is 7.21. The van der Waals surface area contributed by atoms with E-state index in [1.807, 2.05) is 0 Å². The number of rotatable bonds is 6. The maximum Gasteiger partial charge on any atom is 0.244 e. The molecule has 1 aliphatic heterocycles. The third-order valence-corrected chi connectivity index (χ3v) is 6.74. The van der Waals surface area contributed by atoms with Crippen LogP contribution in [0.4, 0.5) is 0 Å². The van der Waals surface area contributed by atoms with Crippen molar-refractivity contribution in [2.24, 2.45) is 11.7 Å². The summed E-state index contributed by atoms with van der Waals surface area (Å²) in [5, 5.41) is 2.66. The van der Waals surface area contributed by atoms with Crippen LogP contribution in [0.15, 0.2) is 0 Å². The average molecular weight is 403 g/mol. The molecule has 0 aromatic heterocycles. The molecule has 154 valence electrons. The Hall–Kier alpha value is -1.68. The molecule has 10 heteroatoms. The molecule has 0 radical (unpaired) electrons. The summed E-state index contributed by atoms with van der Waals surface area (Å²) in [6.45, 7) is 1.48. The Morgan fingerprint density at radius 1 is 1.15 bits per heavy atom. The zero-order valence-electron chi connectivity index (χ0n) is 16.0. The predicted molar refractivity (Wildman–Crippen MR) is 99.9 cm³/mol. The van der Waals surface area contributed by atoms with Gasteiger partial charge in [0.15, 0.2) is 0 Å². The number of hydrogen-bond acceptors (Lipinski definition) is 5. The van der Waals surface area contributed by atoms with E-state index in [1.54, 1.807) is 0 Å². The van der Waals surface area contributed by atoms with E-state index in [4.69, 9.17) is 5.73 Å². The normalized spacial score (nSPS) is 23.6. The van der Waals surface area contributed by atoms with Gasteiger partial charge in [-0.1, -0.05) is 32.1 Å². The zero-order chi connectivity index (χ0) is 20.2. The van der Waals surface area contributed by atoms with E-state index in [-0.39, 0.29) is 25.5 Å². The number of nitrogens with two attached hydrogens (primary N) is 1. The highest BCUT2D eigenvalue weighted by atomic mass is 32.2. The maximum absolute atomic E-state index is 12.8. The lowest BCUT2D eigenvalue weighted by molar-refractivity contribution is -0.142. The molecule has 0 aromatic carbocycles. The van der Waals surface area contributed by atoms with Crippen molar-refractivity contribution in [1.82, 2.24) is 14.5 Å². The van der Waals surface area contributed by atoms with Gasteiger partial charge in [0.2, 0.25) is 27.7 Å². The van der Waals surface area contributed by atoms with E-state index in [1.165, 1.54) is 22.5 Å². The maximum atomic E-state index is 12.8. The number of carbonyl (C=O) groups excluding carboxylic acids is 3. The van der Waals surface area contributed by atoms with Gasteiger partial charge >= 0.3 is 0 Å². The highest BCUT2D eigenvalue weighted by Crippen LogP contribution is 2.27. The summed E-state index contributed by atoms with van der Waals surface area (Å²) >= 11 is 0. The minimum absolute atomic E-state index is 0.126. The lowest BCUT2D eigenvalue weighted by atomic mass is 9.84. The van der Waals surface area contributed by atoms with Gasteiger partial charge in [-0.15, -0.1) is 0 Å². The smallest absolute Gasteiger partial charge is 0.244 e. The number of nitrogens with one attached hydrogen (secondary N) is 1. The molecule has 2 rings (SSSR count). The number of carbonyl (C=O) groups is 3. The summed E-state index contributed by atoms with van der Waals surface area (Å²) in [6.07, 6.45) is 6.95. The quantitative estimate of drug-likeness (QED) is 0.614. The molecule has 1 saturated heterocycles. The number of amides is 3. The van der Waals surface area contributed by atoms with E-state index >= 15 is 0 Å². The van der Waals surface area contributed by atoms with E-state index in [0.29, 0.717) is 12.3 Å². The van der Waals surface area contributed by atoms with Crippen molar-refractivity contribution in [3.8, 4) is 0 Å². The van der Waals surface area contributed by atoms with Crippen molar-refractivity contribution in [3.05, 3.63) is 0 Å². The van der Waals surface area contributed by atoms with Gasteiger partial charge in [-0.3, -0.25) is 14.4 Å². The van der Waals surface area contributed by atoms with E-state index < -0.39 is 33.9 Å². The third-order valence-electron chi connectivity index (χ3n) is 5.47. The first kappa shape index (κ1) is 21.6. The van der Waals surface area contributed by atoms with Crippen LogP contribution in [0.25, 0.3) is 0 Å². The van der Waals surface area contributed by atoms with Crippen molar-refractivity contribution in [3.63, 3.8) is 0 Å². The summed E-state index contributed by atoms with van der Waals surface area (Å²) < 4.78 is 24.9. The Bertz CT molecular complexity index is 675. The number of nitrogens with zero attached hydrogens (tertiary/aromatic N) is 2. The molecule has 1 heterocycles. The van der Waals surface area contributed by atoms with Gasteiger partial charge in [0.25, 0.3) is 0 Å². The summed E-state index contributed by atoms with van der Waals surface area (Å²) in [6, 6.07) is -1.79. The molecule has 1 saturated carbocycles. The van der Waals surface area contributed by atoms with E-state index in [2.05, 4.69) is 5.32 Å². The second-order valence-corrected chi connectivity index (χ2v) is 9.53. The molecule has 2 aliphatic rings. The van der Waals surface area contributed by atoms with Crippen LogP contribution < -0.4 is 11.1 Å². The Morgan fingerprint density at radius 3 is 2.30 bits per heavy atom. The minimum atomic E-state index is -3.49. The molecule has 0 spiro atoms. The number of primary amides is 1. The van der Waals surface area contributed by atoms with Crippen molar-refractivity contribution in [2.45, 2.75) is 57.5 Å². The average Bonchev–Trinajstić information content (AvgIpc) is 2.60. The van der Waals surface area contributed by atoms with Crippen LogP contribution in [-0.2, 0) is 24.4 Å². The molecule has 2 atom stereocenters. The molecular weight excluding hydrogens is 372 g/mol. The van der Waals surface area contributed by atoms with Crippen LogP contribution in [-0.4, -0.2) is 73.3 Å². The highest BCUT2D eigenvalue weighted by molar-refractivity contribution is 7.88. The molecule has 1 aliphatic carbocycles. The topological polar surface area (TPSA) is 130 Å². The van der Waals surface area contributed by atoms with Gasteiger partial charge in [-0.2, -0.15) is 4.31 Å². The fraction of sp³-hybridized carbons (Fsp3) is 0.824. The Morgan fingerprint density at radius 2 is 1.78 bits per heavy atom. The van der Waals surface area contributed by atoms with Crippen LogP contribution in [0.1, 0.15) is 45.4 Å². The minimum Gasteiger partial charge on any atom is -0.368 e. The lowest BCUT2D eigenvalue weighted by Gasteiger charge is -2.39. The molecular formula is C17H30N4O5S. The third kappa shape index (κ3) is 5.90. The van der Waals surface area contributed by atoms with Crippen LogP contribution in [0, 0.1) is 5.92 Å². The van der Waals surface area contributed by atoms with Crippen molar-refractivity contribution >= 4 is 27.7 Å². The van der Waals surface area contributed by atoms with E-state index in [0.717, 1.165) is 31.9 Å². The molecule has 2 unspecified atom stereocenters.